The Kier molecular flexibility index (Phi) is 56.6. The van der Waals surface area contributed by atoms with Gasteiger partial charge in [0.05, 0.1) is 26.4 Å². The topological polar surface area (TPSA) is 237 Å². The number of esters is 4. The van der Waals surface area contributed by atoms with Gasteiger partial charge in [-0.2, -0.15) is 0 Å². The van der Waals surface area contributed by atoms with Gasteiger partial charge in [-0.15, -0.1) is 0 Å². The second-order valence-corrected chi connectivity index (χ2v) is 29.4. The van der Waals surface area contributed by atoms with Gasteiger partial charge in [-0.3, -0.25) is 37.3 Å². The molecular weight excluding hydrogens is 1150 g/mol. The number of carbonyl (C=O) groups excluding carboxylic acids is 4. The first kappa shape index (κ1) is 85.1. The van der Waals surface area contributed by atoms with Crippen LogP contribution in [0.1, 0.15) is 331 Å². The van der Waals surface area contributed by atoms with Crippen molar-refractivity contribution in [2.45, 2.75) is 350 Å². The highest BCUT2D eigenvalue weighted by Crippen LogP contribution is 2.45. The molecule has 0 spiro atoms. The molecule has 0 saturated carbocycles. The third-order valence-electron chi connectivity index (χ3n) is 15.6. The predicted molar refractivity (Wildman–Crippen MR) is 349 cm³/mol. The van der Waals surface area contributed by atoms with E-state index in [1.165, 1.54) is 128 Å². The van der Waals surface area contributed by atoms with Gasteiger partial charge in [0.2, 0.25) is 0 Å². The van der Waals surface area contributed by atoms with Crippen LogP contribution < -0.4 is 0 Å². The molecule has 0 aromatic heterocycles. The second-order valence-electron chi connectivity index (χ2n) is 26.5. The minimum atomic E-state index is -4.95. The van der Waals surface area contributed by atoms with Crippen LogP contribution in [-0.4, -0.2) is 96.7 Å². The van der Waals surface area contributed by atoms with Gasteiger partial charge >= 0.3 is 39.5 Å². The smallest absolute Gasteiger partial charge is 0.462 e. The summed E-state index contributed by atoms with van der Waals surface area (Å²) in [6.45, 7) is 14.0. The zero-order valence-electron chi connectivity index (χ0n) is 56.6. The van der Waals surface area contributed by atoms with Crippen LogP contribution in [0.15, 0.2) is 0 Å². The lowest BCUT2D eigenvalue weighted by Crippen LogP contribution is -2.30. The molecule has 0 saturated heterocycles. The van der Waals surface area contributed by atoms with Crippen molar-refractivity contribution in [2.24, 2.45) is 23.7 Å². The molecule has 0 aliphatic rings. The van der Waals surface area contributed by atoms with Gasteiger partial charge in [0, 0.05) is 25.7 Å². The maximum Gasteiger partial charge on any atom is 0.472 e. The van der Waals surface area contributed by atoms with Gasteiger partial charge in [0.25, 0.3) is 0 Å². The summed E-state index contributed by atoms with van der Waals surface area (Å²) in [5.41, 5.74) is 0. The highest BCUT2D eigenvalue weighted by atomic mass is 31.2. The average Bonchev–Trinajstić information content (AvgIpc) is 3.59. The van der Waals surface area contributed by atoms with Crippen LogP contribution in [0.25, 0.3) is 0 Å². The van der Waals surface area contributed by atoms with Crippen LogP contribution in [0.5, 0.6) is 0 Å². The minimum Gasteiger partial charge on any atom is -0.462 e. The molecule has 0 heterocycles. The Bertz CT molecular complexity index is 1730. The molecule has 3 N–H and O–H groups in total. The van der Waals surface area contributed by atoms with E-state index >= 15 is 0 Å². The van der Waals surface area contributed by atoms with E-state index < -0.39 is 97.5 Å². The fourth-order valence-electron chi connectivity index (χ4n) is 10.1. The summed E-state index contributed by atoms with van der Waals surface area (Å²) >= 11 is 0. The fourth-order valence-corrected chi connectivity index (χ4v) is 11.7. The van der Waals surface area contributed by atoms with Gasteiger partial charge in [-0.1, -0.05) is 280 Å². The molecule has 17 nitrogen and oxygen atoms in total. The molecule has 0 rings (SSSR count). The van der Waals surface area contributed by atoms with Crippen molar-refractivity contribution < 1.29 is 80.2 Å². The van der Waals surface area contributed by atoms with E-state index in [-0.39, 0.29) is 25.7 Å². The van der Waals surface area contributed by atoms with Gasteiger partial charge < -0.3 is 33.8 Å². The summed E-state index contributed by atoms with van der Waals surface area (Å²) in [5, 5.41) is 10.6. The van der Waals surface area contributed by atoms with Gasteiger partial charge in [-0.25, -0.2) is 9.13 Å². The number of aliphatic hydroxyl groups is 1. The summed E-state index contributed by atoms with van der Waals surface area (Å²) in [5.74, 6) is 0.783. The van der Waals surface area contributed by atoms with E-state index in [4.69, 9.17) is 37.0 Å². The van der Waals surface area contributed by atoms with Crippen molar-refractivity contribution in [2.75, 3.05) is 39.6 Å². The molecule has 87 heavy (non-hydrogen) atoms. The SMILES string of the molecule is CC(C)CCCCCCCCCCCCCCC(=O)O[C@H](COC(=O)CCCCCCCCC(C)C)COP(=O)(O)OC[C@H](O)COP(=O)(O)OC[C@@H](COC(=O)CCCCCCCCCCCC(C)C)OC(=O)CCCCCCCCCCC(C)C. The van der Waals surface area contributed by atoms with Gasteiger partial charge in [0.15, 0.2) is 12.2 Å². The number of aliphatic hydroxyl groups excluding tert-OH is 1. The largest absolute Gasteiger partial charge is 0.472 e. The molecule has 0 aliphatic heterocycles. The molecule has 19 heteroatoms. The number of carbonyl (C=O) groups is 4. The molecule has 0 aliphatic carbocycles. The Morgan fingerprint density at radius 2 is 0.483 bits per heavy atom. The number of hydrogen-bond donors (Lipinski definition) is 3. The van der Waals surface area contributed by atoms with Crippen molar-refractivity contribution in [3.05, 3.63) is 0 Å². The third kappa shape index (κ3) is 62.6. The van der Waals surface area contributed by atoms with Gasteiger partial charge in [0.1, 0.15) is 19.3 Å². The molecule has 5 atom stereocenters. The van der Waals surface area contributed by atoms with Crippen LogP contribution in [-0.2, 0) is 65.4 Å². The van der Waals surface area contributed by atoms with E-state index in [1.807, 2.05) is 0 Å². The van der Waals surface area contributed by atoms with Crippen LogP contribution in [0.2, 0.25) is 0 Å². The summed E-state index contributed by atoms with van der Waals surface area (Å²) < 4.78 is 68.2. The molecule has 516 valence electrons. The lowest BCUT2D eigenvalue weighted by Gasteiger charge is -2.21. The number of ether oxygens (including phenoxy) is 4. The standard InChI is InChI=1S/C68H132O17P2/c1-58(2)44-36-28-20-14-11-9-10-12-16-24-34-42-50-67(72)84-64(55-79-66(71)49-41-33-27-26-31-39-47-61(7)8)57-83-87(76,77)81-53-62(69)52-80-86(74,75)82-56-63(85-68(73)51-43-35-25-19-18-22-30-38-46-60(5)6)54-78-65(70)48-40-32-23-17-13-15-21-29-37-45-59(3)4/h58-64,69H,9-57H2,1-8H3,(H,74,75)(H,76,77)/t62-,63-,64-/m1/s1. The average molecular weight is 1280 g/mol. The normalized spacial score (nSPS) is 14.3. The molecule has 0 radical (unpaired) electrons. The first-order valence-corrected chi connectivity index (χ1v) is 38.2. The van der Waals surface area contributed by atoms with Crippen LogP contribution in [0.4, 0.5) is 0 Å². The number of unbranched alkanes of at least 4 members (excludes halogenated alkanes) is 31. The Hall–Kier alpha value is -1.94. The van der Waals surface area contributed by atoms with E-state index in [9.17, 15) is 43.2 Å². The monoisotopic (exact) mass is 1280 g/mol. The first-order chi connectivity index (χ1) is 41.6. The first-order valence-electron chi connectivity index (χ1n) is 35.2. The third-order valence-corrected chi connectivity index (χ3v) is 17.5. The van der Waals surface area contributed by atoms with Crippen molar-refractivity contribution in [1.82, 2.24) is 0 Å². The van der Waals surface area contributed by atoms with Crippen LogP contribution in [0, 0.1) is 23.7 Å². The quantitative estimate of drug-likeness (QED) is 0.0222. The molecule has 2 unspecified atom stereocenters. The summed E-state index contributed by atoms with van der Waals surface area (Å²) in [6.07, 6.45) is 39.1. The van der Waals surface area contributed by atoms with E-state index in [1.54, 1.807) is 0 Å². The van der Waals surface area contributed by atoms with Crippen LogP contribution >= 0.6 is 15.6 Å². The fraction of sp³-hybridized carbons (Fsp3) is 0.941. The summed E-state index contributed by atoms with van der Waals surface area (Å²) in [4.78, 5) is 72.4. The highest BCUT2D eigenvalue weighted by Gasteiger charge is 2.30. The van der Waals surface area contributed by atoms with E-state index in [0.29, 0.717) is 31.6 Å². The van der Waals surface area contributed by atoms with Crippen LogP contribution in [0.3, 0.4) is 0 Å². The Balaban J connectivity index is 5.24. The van der Waals surface area contributed by atoms with Crippen molar-refractivity contribution in [1.29, 1.82) is 0 Å². The van der Waals surface area contributed by atoms with Crippen molar-refractivity contribution in [3.8, 4) is 0 Å². The minimum absolute atomic E-state index is 0.103. The zero-order chi connectivity index (χ0) is 64.7. The van der Waals surface area contributed by atoms with Crippen molar-refractivity contribution in [3.63, 3.8) is 0 Å². The maximum atomic E-state index is 13.0. The number of rotatable bonds is 65. The van der Waals surface area contributed by atoms with E-state index in [0.717, 1.165) is 114 Å². The number of phosphoric acid groups is 2. The number of phosphoric ester groups is 2. The summed E-state index contributed by atoms with van der Waals surface area (Å²) in [7, 11) is -9.90. The maximum absolute atomic E-state index is 13.0. The molecule has 0 aromatic rings. The zero-order valence-corrected chi connectivity index (χ0v) is 58.4. The molecule has 0 amide bonds. The van der Waals surface area contributed by atoms with E-state index in [2.05, 4.69) is 55.4 Å². The molecule has 0 aromatic carbocycles. The van der Waals surface area contributed by atoms with Crippen molar-refractivity contribution >= 4 is 39.5 Å². The summed E-state index contributed by atoms with van der Waals surface area (Å²) in [6, 6.07) is 0. The molecule has 0 fully saturated rings. The second kappa shape index (κ2) is 57.9. The Morgan fingerprint density at radius 1 is 0.287 bits per heavy atom. The number of hydrogen-bond acceptors (Lipinski definition) is 15. The highest BCUT2D eigenvalue weighted by molar-refractivity contribution is 7.47. The lowest BCUT2D eigenvalue weighted by atomic mass is 10.0. The Labute approximate surface area is 530 Å². The Morgan fingerprint density at radius 3 is 0.713 bits per heavy atom. The molecular formula is C68H132O17P2. The van der Waals surface area contributed by atoms with Gasteiger partial charge in [-0.05, 0) is 49.4 Å². The lowest BCUT2D eigenvalue weighted by molar-refractivity contribution is -0.161. The predicted octanol–water partition coefficient (Wildman–Crippen LogP) is 18.9. The molecule has 0 bridgehead atoms.